The standard InChI is InChI=1S/C18H29N3O/c22-18(16-5-1-2-6-16)13-20-17-7-10-21(11-8-17)14-15-4-3-9-19-12-15/h3-4,9,12,16-18,20,22H,1-2,5-8,10-11,13-14H2. The van der Waals surface area contributed by atoms with Crippen LogP contribution >= 0.6 is 0 Å². The number of piperidine rings is 1. The number of hydrogen-bond donors (Lipinski definition) is 2. The first kappa shape index (κ1) is 15.9. The molecule has 4 nitrogen and oxygen atoms in total. The average Bonchev–Trinajstić information content (AvgIpc) is 3.09. The van der Waals surface area contributed by atoms with Gasteiger partial charge in [0.05, 0.1) is 6.10 Å². The average molecular weight is 303 g/mol. The monoisotopic (exact) mass is 303 g/mol. The Hall–Kier alpha value is -0.970. The molecule has 1 aliphatic heterocycles. The maximum absolute atomic E-state index is 10.2. The predicted octanol–water partition coefficient (Wildman–Crippen LogP) is 2.19. The van der Waals surface area contributed by atoms with Crippen molar-refractivity contribution in [1.82, 2.24) is 15.2 Å². The number of likely N-dealkylation sites (tertiary alicyclic amines) is 1. The summed E-state index contributed by atoms with van der Waals surface area (Å²) in [5, 5.41) is 13.8. The van der Waals surface area contributed by atoms with Crippen LogP contribution in [-0.2, 0) is 6.54 Å². The number of pyridine rings is 1. The molecule has 3 rings (SSSR count). The molecule has 0 aromatic carbocycles. The third-order valence-electron chi connectivity index (χ3n) is 5.28. The highest BCUT2D eigenvalue weighted by molar-refractivity contribution is 5.08. The van der Waals surface area contributed by atoms with E-state index < -0.39 is 0 Å². The SMILES string of the molecule is OC(CNC1CCN(Cc2cccnc2)CC1)C1CCCC1. The molecule has 22 heavy (non-hydrogen) atoms. The minimum atomic E-state index is -0.143. The number of rotatable bonds is 6. The van der Waals surface area contributed by atoms with E-state index in [9.17, 15) is 5.11 Å². The molecular formula is C18H29N3O. The van der Waals surface area contributed by atoms with Gasteiger partial charge in [0.1, 0.15) is 0 Å². The fourth-order valence-electron chi connectivity index (χ4n) is 3.84. The lowest BCUT2D eigenvalue weighted by atomic mass is 9.99. The second-order valence-corrected chi connectivity index (χ2v) is 6.93. The Morgan fingerprint density at radius 2 is 2.00 bits per heavy atom. The van der Waals surface area contributed by atoms with Gasteiger partial charge < -0.3 is 10.4 Å². The normalized spacial score (nSPS) is 23.0. The Balaban J connectivity index is 1.35. The first-order valence-electron chi connectivity index (χ1n) is 8.84. The molecule has 2 N–H and O–H groups in total. The summed E-state index contributed by atoms with van der Waals surface area (Å²) in [5.74, 6) is 0.540. The van der Waals surface area contributed by atoms with E-state index in [2.05, 4.69) is 21.3 Å². The van der Waals surface area contributed by atoms with Crippen molar-refractivity contribution in [2.24, 2.45) is 5.92 Å². The molecule has 1 aromatic rings. The van der Waals surface area contributed by atoms with Crippen LogP contribution in [0.1, 0.15) is 44.1 Å². The van der Waals surface area contributed by atoms with E-state index in [0.717, 1.165) is 26.2 Å². The van der Waals surface area contributed by atoms with Crippen LogP contribution in [-0.4, -0.2) is 46.8 Å². The van der Waals surface area contributed by atoms with Crippen molar-refractivity contribution in [3.63, 3.8) is 0 Å². The van der Waals surface area contributed by atoms with Crippen LogP contribution in [0.2, 0.25) is 0 Å². The molecule has 2 aliphatic rings. The number of nitrogens with one attached hydrogen (secondary N) is 1. The zero-order chi connectivity index (χ0) is 15.2. The van der Waals surface area contributed by atoms with E-state index in [0.29, 0.717) is 12.0 Å². The van der Waals surface area contributed by atoms with Crippen LogP contribution < -0.4 is 5.32 Å². The van der Waals surface area contributed by atoms with Crippen molar-refractivity contribution in [1.29, 1.82) is 0 Å². The quantitative estimate of drug-likeness (QED) is 0.846. The molecule has 0 bridgehead atoms. The Bertz CT molecular complexity index is 425. The van der Waals surface area contributed by atoms with E-state index in [1.165, 1.54) is 44.1 Å². The van der Waals surface area contributed by atoms with Crippen molar-refractivity contribution in [2.45, 2.75) is 57.2 Å². The van der Waals surface area contributed by atoms with Gasteiger partial charge in [-0.2, -0.15) is 0 Å². The third kappa shape index (κ3) is 4.51. The van der Waals surface area contributed by atoms with Crippen molar-refractivity contribution in [2.75, 3.05) is 19.6 Å². The van der Waals surface area contributed by atoms with Gasteiger partial charge >= 0.3 is 0 Å². The van der Waals surface area contributed by atoms with Crippen LogP contribution in [0.25, 0.3) is 0 Å². The molecule has 4 heteroatoms. The summed E-state index contributed by atoms with van der Waals surface area (Å²) < 4.78 is 0. The van der Waals surface area contributed by atoms with Crippen LogP contribution in [0.4, 0.5) is 0 Å². The van der Waals surface area contributed by atoms with Gasteiger partial charge in [-0.05, 0) is 56.3 Å². The summed E-state index contributed by atoms with van der Waals surface area (Å²) in [4.78, 5) is 6.69. The Labute approximate surface area is 133 Å². The van der Waals surface area contributed by atoms with Crippen LogP contribution in [0.3, 0.4) is 0 Å². The zero-order valence-corrected chi connectivity index (χ0v) is 13.5. The largest absolute Gasteiger partial charge is 0.392 e. The number of aromatic nitrogens is 1. The number of aliphatic hydroxyl groups excluding tert-OH is 1. The molecule has 1 aliphatic carbocycles. The van der Waals surface area contributed by atoms with Crippen LogP contribution in [0.5, 0.6) is 0 Å². The van der Waals surface area contributed by atoms with Crippen LogP contribution in [0.15, 0.2) is 24.5 Å². The molecular weight excluding hydrogens is 274 g/mol. The Kier molecular flexibility index (Phi) is 5.82. The molecule has 0 amide bonds. The molecule has 2 fully saturated rings. The first-order valence-corrected chi connectivity index (χ1v) is 8.84. The second-order valence-electron chi connectivity index (χ2n) is 6.93. The molecule has 0 spiro atoms. The maximum Gasteiger partial charge on any atom is 0.0692 e. The van der Waals surface area contributed by atoms with Gasteiger partial charge in [0.25, 0.3) is 0 Å². The van der Waals surface area contributed by atoms with Gasteiger partial charge in [-0.25, -0.2) is 0 Å². The Morgan fingerprint density at radius 1 is 1.23 bits per heavy atom. The molecule has 0 radical (unpaired) electrons. The summed E-state index contributed by atoms with van der Waals surface area (Å²) in [7, 11) is 0. The highest BCUT2D eigenvalue weighted by atomic mass is 16.3. The van der Waals surface area contributed by atoms with E-state index in [-0.39, 0.29) is 6.10 Å². The van der Waals surface area contributed by atoms with Crippen molar-refractivity contribution in [3.05, 3.63) is 30.1 Å². The number of aliphatic hydroxyl groups is 1. The molecule has 1 unspecified atom stereocenters. The second kappa shape index (κ2) is 8.04. The molecule has 2 heterocycles. The minimum Gasteiger partial charge on any atom is -0.392 e. The van der Waals surface area contributed by atoms with Gasteiger partial charge in [0.15, 0.2) is 0 Å². The van der Waals surface area contributed by atoms with Crippen molar-refractivity contribution in [3.8, 4) is 0 Å². The number of hydrogen-bond acceptors (Lipinski definition) is 4. The summed E-state index contributed by atoms with van der Waals surface area (Å²) in [6.07, 6.45) is 11.0. The smallest absolute Gasteiger partial charge is 0.0692 e. The molecule has 1 atom stereocenters. The highest BCUT2D eigenvalue weighted by Gasteiger charge is 2.25. The lowest BCUT2D eigenvalue weighted by molar-refractivity contribution is 0.0993. The lowest BCUT2D eigenvalue weighted by Gasteiger charge is -2.33. The number of nitrogens with zero attached hydrogens (tertiary/aromatic N) is 2. The lowest BCUT2D eigenvalue weighted by Crippen LogP contribution is -2.45. The topological polar surface area (TPSA) is 48.4 Å². The van der Waals surface area contributed by atoms with Gasteiger partial charge in [-0.3, -0.25) is 9.88 Å². The summed E-state index contributed by atoms with van der Waals surface area (Å²) in [5.41, 5.74) is 1.30. The first-order chi connectivity index (χ1) is 10.8. The maximum atomic E-state index is 10.2. The molecule has 1 saturated carbocycles. The molecule has 1 aromatic heterocycles. The van der Waals surface area contributed by atoms with E-state index in [1.807, 2.05) is 18.5 Å². The summed E-state index contributed by atoms with van der Waals surface area (Å²) in [6.45, 7) is 4.04. The molecule has 122 valence electrons. The highest BCUT2D eigenvalue weighted by Crippen LogP contribution is 2.27. The van der Waals surface area contributed by atoms with Gasteiger partial charge in [-0.15, -0.1) is 0 Å². The zero-order valence-electron chi connectivity index (χ0n) is 13.5. The summed E-state index contributed by atoms with van der Waals surface area (Å²) >= 11 is 0. The minimum absolute atomic E-state index is 0.143. The fraction of sp³-hybridized carbons (Fsp3) is 0.722. The van der Waals surface area contributed by atoms with Gasteiger partial charge in [0, 0.05) is 31.5 Å². The van der Waals surface area contributed by atoms with E-state index in [4.69, 9.17) is 0 Å². The third-order valence-corrected chi connectivity index (χ3v) is 5.28. The van der Waals surface area contributed by atoms with Gasteiger partial charge in [-0.1, -0.05) is 18.9 Å². The van der Waals surface area contributed by atoms with E-state index in [1.54, 1.807) is 0 Å². The van der Waals surface area contributed by atoms with E-state index >= 15 is 0 Å². The van der Waals surface area contributed by atoms with Crippen LogP contribution in [0, 0.1) is 5.92 Å². The Morgan fingerprint density at radius 3 is 2.68 bits per heavy atom. The predicted molar refractivity (Wildman–Crippen MR) is 88.5 cm³/mol. The fourth-order valence-corrected chi connectivity index (χ4v) is 3.84. The molecule has 1 saturated heterocycles. The van der Waals surface area contributed by atoms with Crippen molar-refractivity contribution < 1.29 is 5.11 Å². The van der Waals surface area contributed by atoms with Gasteiger partial charge in [0.2, 0.25) is 0 Å². The summed E-state index contributed by atoms with van der Waals surface area (Å²) in [6, 6.07) is 4.73. The van der Waals surface area contributed by atoms with Crippen molar-refractivity contribution >= 4 is 0 Å².